The van der Waals surface area contributed by atoms with Gasteiger partial charge in [-0.05, 0) is 25.8 Å². The summed E-state index contributed by atoms with van der Waals surface area (Å²) in [6, 6.07) is 0. The van der Waals surface area contributed by atoms with Crippen LogP contribution in [0, 0.1) is 0 Å². The minimum absolute atomic E-state index is 0.234. The normalized spacial score (nSPS) is 26.6. The fraction of sp³-hybridized carbons (Fsp3) is 0.700. The molecule has 1 aliphatic heterocycles. The molecule has 0 saturated carbocycles. The molecule has 0 N–H and O–H groups in total. The van der Waals surface area contributed by atoms with Crippen LogP contribution in [-0.4, -0.2) is 18.2 Å². The van der Waals surface area contributed by atoms with Crippen LogP contribution in [-0.2, 0) is 14.3 Å². The summed E-state index contributed by atoms with van der Waals surface area (Å²) in [7, 11) is 0. The van der Waals surface area contributed by atoms with Gasteiger partial charge < -0.3 is 9.47 Å². The van der Waals surface area contributed by atoms with Gasteiger partial charge in [-0.2, -0.15) is 0 Å². The molecule has 0 bridgehead atoms. The van der Waals surface area contributed by atoms with Crippen molar-refractivity contribution in [1.29, 1.82) is 0 Å². The van der Waals surface area contributed by atoms with Crippen LogP contribution in [0.3, 0.4) is 0 Å². The highest BCUT2D eigenvalue weighted by atomic mass is 16.6. The number of allylic oxidation sites excluding steroid dienone is 1. The SMILES string of the molecule is CCOC(=O)C1(CC)CCC=CO1. The molecule has 1 atom stereocenters. The highest BCUT2D eigenvalue weighted by Crippen LogP contribution is 2.28. The number of carbonyl (C=O) groups is 1. The average molecular weight is 184 g/mol. The largest absolute Gasteiger partial charge is 0.484 e. The second-order valence-electron chi connectivity index (χ2n) is 3.10. The first-order valence-corrected chi connectivity index (χ1v) is 4.75. The van der Waals surface area contributed by atoms with Gasteiger partial charge in [0.2, 0.25) is 5.60 Å². The molecule has 0 fully saturated rings. The van der Waals surface area contributed by atoms with E-state index in [0.717, 1.165) is 12.8 Å². The van der Waals surface area contributed by atoms with Crippen LogP contribution >= 0.6 is 0 Å². The van der Waals surface area contributed by atoms with Gasteiger partial charge in [-0.1, -0.05) is 6.92 Å². The zero-order valence-electron chi connectivity index (χ0n) is 8.21. The summed E-state index contributed by atoms with van der Waals surface area (Å²) in [5, 5.41) is 0. The fourth-order valence-electron chi connectivity index (χ4n) is 1.44. The van der Waals surface area contributed by atoms with E-state index in [1.165, 1.54) is 0 Å². The summed E-state index contributed by atoms with van der Waals surface area (Å²) >= 11 is 0. The Hall–Kier alpha value is -0.990. The van der Waals surface area contributed by atoms with Crippen LogP contribution in [0.25, 0.3) is 0 Å². The first kappa shape index (κ1) is 10.1. The number of esters is 1. The van der Waals surface area contributed by atoms with Crippen molar-refractivity contribution in [2.75, 3.05) is 6.61 Å². The van der Waals surface area contributed by atoms with Crippen molar-refractivity contribution in [3.63, 3.8) is 0 Å². The summed E-state index contributed by atoms with van der Waals surface area (Å²) in [6.45, 7) is 4.16. The molecule has 0 amide bonds. The van der Waals surface area contributed by atoms with E-state index >= 15 is 0 Å². The van der Waals surface area contributed by atoms with E-state index in [1.807, 2.05) is 13.0 Å². The molecule has 74 valence electrons. The third-order valence-electron chi connectivity index (χ3n) is 2.32. The Morgan fingerprint density at radius 1 is 1.62 bits per heavy atom. The molecular formula is C10H16O3. The van der Waals surface area contributed by atoms with Crippen molar-refractivity contribution in [2.24, 2.45) is 0 Å². The number of hydrogen-bond donors (Lipinski definition) is 0. The molecule has 3 heteroatoms. The third kappa shape index (κ3) is 2.02. The monoisotopic (exact) mass is 184 g/mol. The maximum absolute atomic E-state index is 11.6. The molecule has 1 aliphatic rings. The maximum Gasteiger partial charge on any atom is 0.350 e. The summed E-state index contributed by atoms with van der Waals surface area (Å²) in [5.41, 5.74) is -0.717. The molecule has 0 aromatic heterocycles. The quantitative estimate of drug-likeness (QED) is 0.629. The van der Waals surface area contributed by atoms with E-state index < -0.39 is 5.60 Å². The molecular weight excluding hydrogens is 168 g/mol. The standard InChI is InChI=1S/C10H16O3/c1-3-10(9(11)12-4-2)7-5-6-8-13-10/h6,8H,3-5,7H2,1-2H3. The van der Waals surface area contributed by atoms with Gasteiger partial charge in [0.25, 0.3) is 0 Å². The van der Waals surface area contributed by atoms with Gasteiger partial charge in [0.1, 0.15) is 0 Å². The van der Waals surface area contributed by atoms with Crippen molar-refractivity contribution < 1.29 is 14.3 Å². The van der Waals surface area contributed by atoms with Crippen molar-refractivity contribution in [3.8, 4) is 0 Å². The molecule has 1 unspecified atom stereocenters. The van der Waals surface area contributed by atoms with E-state index in [0.29, 0.717) is 13.0 Å². The fourth-order valence-corrected chi connectivity index (χ4v) is 1.44. The molecule has 0 radical (unpaired) electrons. The van der Waals surface area contributed by atoms with Gasteiger partial charge in [0, 0.05) is 6.42 Å². The smallest absolute Gasteiger partial charge is 0.350 e. The number of hydrogen-bond acceptors (Lipinski definition) is 3. The number of rotatable bonds is 3. The lowest BCUT2D eigenvalue weighted by Crippen LogP contribution is -2.42. The Morgan fingerprint density at radius 2 is 2.38 bits per heavy atom. The molecule has 0 aromatic rings. The van der Waals surface area contributed by atoms with E-state index in [-0.39, 0.29) is 5.97 Å². The molecule has 0 aliphatic carbocycles. The Bertz CT molecular complexity index is 210. The van der Waals surface area contributed by atoms with Crippen molar-refractivity contribution >= 4 is 5.97 Å². The average Bonchev–Trinajstić information content (AvgIpc) is 2.19. The van der Waals surface area contributed by atoms with E-state index in [9.17, 15) is 4.79 Å². The topological polar surface area (TPSA) is 35.5 Å². The Kier molecular flexibility index (Phi) is 3.34. The first-order chi connectivity index (χ1) is 6.25. The van der Waals surface area contributed by atoms with Gasteiger partial charge >= 0.3 is 5.97 Å². The highest BCUT2D eigenvalue weighted by Gasteiger charge is 2.40. The molecule has 1 rings (SSSR count). The van der Waals surface area contributed by atoms with E-state index in [2.05, 4.69) is 0 Å². The third-order valence-corrected chi connectivity index (χ3v) is 2.32. The lowest BCUT2D eigenvalue weighted by molar-refractivity contribution is -0.167. The molecule has 3 nitrogen and oxygen atoms in total. The summed E-state index contributed by atoms with van der Waals surface area (Å²) in [6.07, 6.45) is 5.79. The molecule has 0 aromatic carbocycles. The van der Waals surface area contributed by atoms with E-state index in [4.69, 9.17) is 9.47 Å². The zero-order chi connectivity index (χ0) is 9.73. The predicted octanol–water partition coefficient (Wildman–Crippen LogP) is 2.02. The minimum Gasteiger partial charge on any atom is -0.484 e. The van der Waals surface area contributed by atoms with Crippen molar-refractivity contribution in [1.82, 2.24) is 0 Å². The molecule has 0 saturated heterocycles. The van der Waals surface area contributed by atoms with E-state index in [1.54, 1.807) is 13.2 Å². The van der Waals surface area contributed by atoms with Crippen molar-refractivity contribution in [2.45, 2.75) is 38.7 Å². The predicted molar refractivity (Wildman–Crippen MR) is 49.1 cm³/mol. The molecule has 0 spiro atoms. The van der Waals surface area contributed by atoms with Gasteiger partial charge in [0.05, 0.1) is 12.9 Å². The summed E-state index contributed by atoms with van der Waals surface area (Å²) in [5.74, 6) is -0.234. The first-order valence-electron chi connectivity index (χ1n) is 4.75. The van der Waals surface area contributed by atoms with Gasteiger partial charge in [-0.25, -0.2) is 4.79 Å². The zero-order valence-corrected chi connectivity index (χ0v) is 8.21. The van der Waals surface area contributed by atoms with Gasteiger partial charge in [-0.3, -0.25) is 0 Å². The second-order valence-corrected chi connectivity index (χ2v) is 3.10. The van der Waals surface area contributed by atoms with Gasteiger partial charge in [0.15, 0.2) is 0 Å². The Labute approximate surface area is 78.7 Å². The van der Waals surface area contributed by atoms with Crippen LogP contribution in [0.2, 0.25) is 0 Å². The number of carbonyl (C=O) groups excluding carboxylic acids is 1. The van der Waals surface area contributed by atoms with Gasteiger partial charge in [-0.15, -0.1) is 0 Å². The lowest BCUT2D eigenvalue weighted by Gasteiger charge is -2.31. The van der Waals surface area contributed by atoms with Crippen LogP contribution in [0.15, 0.2) is 12.3 Å². The van der Waals surface area contributed by atoms with Crippen LogP contribution < -0.4 is 0 Å². The lowest BCUT2D eigenvalue weighted by atomic mass is 9.93. The maximum atomic E-state index is 11.6. The van der Waals surface area contributed by atoms with Crippen molar-refractivity contribution in [3.05, 3.63) is 12.3 Å². The summed E-state index contributed by atoms with van der Waals surface area (Å²) in [4.78, 5) is 11.6. The highest BCUT2D eigenvalue weighted by molar-refractivity contribution is 5.79. The minimum atomic E-state index is -0.717. The number of ether oxygens (including phenoxy) is 2. The molecule has 1 heterocycles. The Morgan fingerprint density at radius 3 is 2.85 bits per heavy atom. The van der Waals surface area contributed by atoms with Crippen LogP contribution in [0.5, 0.6) is 0 Å². The van der Waals surface area contributed by atoms with Crippen LogP contribution in [0.1, 0.15) is 33.1 Å². The molecule has 13 heavy (non-hydrogen) atoms. The Balaban J connectivity index is 2.68. The second kappa shape index (κ2) is 4.30. The van der Waals surface area contributed by atoms with Crippen LogP contribution in [0.4, 0.5) is 0 Å². The summed E-state index contributed by atoms with van der Waals surface area (Å²) < 4.78 is 10.4.